The van der Waals surface area contributed by atoms with Crippen molar-refractivity contribution in [3.8, 4) is 0 Å². The van der Waals surface area contributed by atoms with Crippen molar-refractivity contribution in [3.05, 3.63) is 35.9 Å². The predicted octanol–water partition coefficient (Wildman–Crippen LogP) is 3.14. The molecule has 0 unspecified atom stereocenters. The van der Waals surface area contributed by atoms with Crippen LogP contribution in [0.25, 0.3) is 0 Å². The van der Waals surface area contributed by atoms with Crippen LogP contribution in [0.5, 0.6) is 0 Å². The zero-order valence-corrected chi connectivity index (χ0v) is 15.0. The second-order valence-electron chi connectivity index (χ2n) is 5.71. The molecule has 0 radical (unpaired) electrons. The number of ether oxygens (including phenoxy) is 1. The highest BCUT2D eigenvalue weighted by Crippen LogP contribution is 2.24. The predicted molar refractivity (Wildman–Crippen MR) is 96.8 cm³/mol. The third kappa shape index (κ3) is 5.37. The summed E-state index contributed by atoms with van der Waals surface area (Å²) in [6, 6.07) is 10.0. The van der Waals surface area contributed by atoms with E-state index in [1.807, 2.05) is 37.3 Å². The van der Waals surface area contributed by atoms with Crippen LogP contribution in [-0.2, 0) is 20.1 Å². The number of amides is 1. The van der Waals surface area contributed by atoms with E-state index >= 15 is 0 Å². The highest BCUT2D eigenvalue weighted by atomic mass is 32.2. The molecule has 1 aromatic rings. The number of benzene rings is 1. The molecule has 0 bridgehead atoms. The van der Waals surface area contributed by atoms with Crippen molar-refractivity contribution in [2.75, 3.05) is 6.61 Å². The summed E-state index contributed by atoms with van der Waals surface area (Å²) < 4.78 is 5.06. The first kappa shape index (κ1) is 18.5. The molecule has 1 saturated carbocycles. The average Bonchev–Trinajstić information content (AvgIpc) is 3.07. The lowest BCUT2D eigenvalue weighted by molar-refractivity contribution is -0.145. The number of thioether (sulfide) groups is 1. The van der Waals surface area contributed by atoms with Crippen molar-refractivity contribution < 1.29 is 14.3 Å². The third-order valence-corrected chi connectivity index (χ3v) is 5.13. The fourth-order valence-electron chi connectivity index (χ4n) is 2.55. The Morgan fingerprint density at radius 2 is 2.12 bits per heavy atom. The molecule has 6 heteroatoms. The molecule has 0 heterocycles. The number of carbonyl (C=O) groups excluding carboxylic acids is 2. The molecule has 1 amide bonds. The van der Waals surface area contributed by atoms with Crippen molar-refractivity contribution in [2.24, 2.45) is 11.0 Å². The molecule has 1 aromatic carbocycles. The van der Waals surface area contributed by atoms with Gasteiger partial charge >= 0.3 is 5.97 Å². The SMILES string of the molecule is CCOC(=O)[C@@H]1CCC/C1=N/NC(=O)[C@H](C)SCc1ccccc1. The summed E-state index contributed by atoms with van der Waals surface area (Å²) in [7, 11) is 0. The molecule has 24 heavy (non-hydrogen) atoms. The number of nitrogens with zero attached hydrogens (tertiary/aromatic N) is 1. The van der Waals surface area contributed by atoms with Gasteiger partial charge in [-0.1, -0.05) is 30.3 Å². The lowest BCUT2D eigenvalue weighted by Crippen LogP contribution is -2.30. The zero-order chi connectivity index (χ0) is 17.4. The third-order valence-electron chi connectivity index (χ3n) is 3.92. The van der Waals surface area contributed by atoms with Crippen LogP contribution < -0.4 is 5.43 Å². The monoisotopic (exact) mass is 348 g/mol. The van der Waals surface area contributed by atoms with Crippen molar-refractivity contribution in [3.63, 3.8) is 0 Å². The summed E-state index contributed by atoms with van der Waals surface area (Å²) in [4.78, 5) is 24.0. The maximum Gasteiger partial charge on any atom is 0.314 e. The minimum atomic E-state index is -0.308. The Morgan fingerprint density at radius 1 is 1.38 bits per heavy atom. The summed E-state index contributed by atoms with van der Waals surface area (Å²) in [5.74, 6) is 0.0854. The number of esters is 1. The molecule has 2 atom stereocenters. The van der Waals surface area contributed by atoms with Crippen LogP contribution in [0.1, 0.15) is 38.7 Å². The molecule has 130 valence electrons. The van der Waals surface area contributed by atoms with E-state index in [4.69, 9.17) is 4.74 Å². The molecule has 0 aliphatic heterocycles. The van der Waals surface area contributed by atoms with Gasteiger partial charge in [-0.05, 0) is 38.7 Å². The molecule has 5 nitrogen and oxygen atoms in total. The second-order valence-corrected chi connectivity index (χ2v) is 7.04. The van der Waals surface area contributed by atoms with E-state index in [-0.39, 0.29) is 23.0 Å². The maximum atomic E-state index is 12.2. The Labute approximate surface area is 147 Å². The van der Waals surface area contributed by atoms with Crippen molar-refractivity contribution in [1.82, 2.24) is 5.43 Å². The Hall–Kier alpha value is -1.82. The van der Waals surface area contributed by atoms with Gasteiger partial charge in [0.25, 0.3) is 5.91 Å². The first-order valence-electron chi connectivity index (χ1n) is 8.30. The molecular formula is C18H24N2O3S. The zero-order valence-electron chi connectivity index (χ0n) is 14.2. The Balaban J connectivity index is 1.83. The van der Waals surface area contributed by atoms with E-state index in [9.17, 15) is 9.59 Å². The van der Waals surface area contributed by atoms with Gasteiger partial charge in [0.05, 0.1) is 23.5 Å². The van der Waals surface area contributed by atoms with Crippen molar-refractivity contribution >= 4 is 29.4 Å². The molecule has 2 rings (SSSR count). The van der Waals surface area contributed by atoms with Gasteiger partial charge in [0, 0.05) is 5.75 Å². The Morgan fingerprint density at radius 3 is 2.83 bits per heavy atom. The first-order valence-corrected chi connectivity index (χ1v) is 9.35. The summed E-state index contributed by atoms with van der Waals surface area (Å²) in [6.07, 6.45) is 2.37. The van der Waals surface area contributed by atoms with Crippen LogP contribution in [0.15, 0.2) is 35.4 Å². The number of hydrogen-bond acceptors (Lipinski definition) is 5. The van der Waals surface area contributed by atoms with Crippen LogP contribution in [0.4, 0.5) is 0 Å². The maximum absolute atomic E-state index is 12.2. The fraction of sp³-hybridized carbons (Fsp3) is 0.500. The van der Waals surface area contributed by atoms with E-state index in [1.54, 1.807) is 18.7 Å². The highest BCUT2D eigenvalue weighted by molar-refractivity contribution is 7.99. The van der Waals surface area contributed by atoms with Gasteiger partial charge in [0.15, 0.2) is 0 Å². The average molecular weight is 348 g/mol. The van der Waals surface area contributed by atoms with Crippen LogP contribution >= 0.6 is 11.8 Å². The molecule has 1 aliphatic carbocycles. The van der Waals surface area contributed by atoms with Gasteiger partial charge < -0.3 is 4.74 Å². The van der Waals surface area contributed by atoms with Gasteiger partial charge in [-0.2, -0.15) is 5.10 Å². The lowest BCUT2D eigenvalue weighted by Gasteiger charge is -2.12. The Kier molecular flexibility index (Phi) is 7.31. The van der Waals surface area contributed by atoms with Gasteiger partial charge in [0.2, 0.25) is 0 Å². The summed E-state index contributed by atoms with van der Waals surface area (Å²) >= 11 is 1.56. The molecular weight excluding hydrogens is 324 g/mol. The van der Waals surface area contributed by atoms with E-state index in [2.05, 4.69) is 10.5 Å². The first-order chi connectivity index (χ1) is 11.6. The summed E-state index contributed by atoms with van der Waals surface area (Å²) in [5.41, 5.74) is 4.52. The van der Waals surface area contributed by atoms with Crippen LogP contribution in [-0.4, -0.2) is 29.4 Å². The van der Waals surface area contributed by atoms with Gasteiger partial charge in [0.1, 0.15) is 0 Å². The van der Waals surface area contributed by atoms with Crippen LogP contribution in [0.3, 0.4) is 0 Å². The number of nitrogens with one attached hydrogen (secondary N) is 1. The molecule has 0 aromatic heterocycles. The Bertz CT molecular complexity index is 589. The van der Waals surface area contributed by atoms with Crippen LogP contribution in [0.2, 0.25) is 0 Å². The van der Waals surface area contributed by atoms with Gasteiger partial charge in [-0.3, -0.25) is 9.59 Å². The van der Waals surface area contributed by atoms with Crippen molar-refractivity contribution in [1.29, 1.82) is 0 Å². The van der Waals surface area contributed by atoms with E-state index < -0.39 is 0 Å². The van der Waals surface area contributed by atoms with Crippen molar-refractivity contribution in [2.45, 2.75) is 44.1 Å². The smallest absolute Gasteiger partial charge is 0.314 e. The molecule has 1 fully saturated rings. The quantitative estimate of drug-likeness (QED) is 0.607. The lowest BCUT2D eigenvalue weighted by atomic mass is 10.1. The largest absolute Gasteiger partial charge is 0.465 e. The summed E-state index contributed by atoms with van der Waals surface area (Å²) in [5, 5.41) is 3.98. The standard InChI is InChI=1S/C18H24N2O3S/c1-3-23-18(22)15-10-7-11-16(15)19-20-17(21)13(2)24-12-14-8-5-4-6-9-14/h4-6,8-9,13,15H,3,7,10-12H2,1-2H3,(H,20,21)/b19-16-/t13-,15+/m0/s1. The number of rotatable bonds is 7. The molecule has 1 N–H and O–H groups in total. The number of hydrogen-bond donors (Lipinski definition) is 1. The van der Waals surface area contributed by atoms with Gasteiger partial charge in [-0.25, -0.2) is 5.43 Å². The second kappa shape index (κ2) is 9.47. The minimum Gasteiger partial charge on any atom is -0.465 e. The summed E-state index contributed by atoms with van der Waals surface area (Å²) in [6.45, 7) is 4.01. The number of carbonyl (C=O) groups is 2. The topological polar surface area (TPSA) is 67.8 Å². The highest BCUT2D eigenvalue weighted by Gasteiger charge is 2.30. The normalized spacial score (nSPS) is 19.9. The fourth-order valence-corrected chi connectivity index (χ4v) is 3.39. The number of hydrazone groups is 1. The molecule has 0 saturated heterocycles. The molecule has 1 aliphatic rings. The van der Waals surface area contributed by atoms with E-state index in [0.29, 0.717) is 6.61 Å². The van der Waals surface area contributed by atoms with Crippen LogP contribution in [0, 0.1) is 5.92 Å². The minimum absolute atomic E-state index is 0.141. The van der Waals surface area contributed by atoms with E-state index in [0.717, 1.165) is 30.7 Å². The van der Waals surface area contributed by atoms with E-state index in [1.165, 1.54) is 5.56 Å². The molecule has 0 spiro atoms. The van der Waals surface area contributed by atoms with Gasteiger partial charge in [-0.15, -0.1) is 11.8 Å².